The van der Waals surface area contributed by atoms with Crippen molar-refractivity contribution in [3.05, 3.63) is 0 Å². The second-order valence-corrected chi connectivity index (χ2v) is 4.12. The van der Waals surface area contributed by atoms with Crippen LogP contribution in [-0.2, 0) is 9.53 Å². The summed E-state index contributed by atoms with van der Waals surface area (Å²) >= 11 is 0. The lowest BCUT2D eigenvalue weighted by Crippen LogP contribution is -2.42. The van der Waals surface area contributed by atoms with E-state index >= 15 is 0 Å². The van der Waals surface area contributed by atoms with Gasteiger partial charge in [0.1, 0.15) is 6.04 Å². The monoisotopic (exact) mass is 217 g/mol. The zero-order valence-corrected chi connectivity index (χ0v) is 9.61. The Labute approximate surface area is 89.8 Å². The molecular formula is C10H19NO4. The van der Waals surface area contributed by atoms with Gasteiger partial charge >= 0.3 is 12.1 Å². The predicted octanol–water partition coefficient (Wildman–Crippen LogP) is 1.62. The summed E-state index contributed by atoms with van der Waals surface area (Å²) in [7, 11) is 0. The molecule has 15 heavy (non-hydrogen) atoms. The number of hydrogen-bond donors (Lipinski definition) is 2. The van der Waals surface area contributed by atoms with Crippen molar-refractivity contribution in [1.82, 2.24) is 5.32 Å². The maximum absolute atomic E-state index is 11.2. The molecule has 0 aliphatic carbocycles. The number of rotatable bonds is 5. The summed E-state index contributed by atoms with van der Waals surface area (Å²) < 4.78 is 4.80. The van der Waals surface area contributed by atoms with E-state index in [1.54, 1.807) is 13.8 Å². The normalized spacial score (nSPS) is 12.7. The fraction of sp³-hybridized carbons (Fsp3) is 0.800. The highest BCUT2D eigenvalue weighted by Crippen LogP contribution is 2.05. The number of ether oxygens (including phenoxy) is 1. The number of alkyl carbamates (subject to hydrolysis) is 1. The number of nitrogens with one attached hydrogen (secondary N) is 1. The number of carbonyl (C=O) groups is 2. The Morgan fingerprint density at radius 2 is 1.80 bits per heavy atom. The average Bonchev–Trinajstić information content (AvgIpc) is 1.99. The molecule has 0 bridgehead atoms. The molecule has 5 heteroatoms. The van der Waals surface area contributed by atoms with Crippen LogP contribution in [0.3, 0.4) is 0 Å². The highest BCUT2D eigenvalue weighted by molar-refractivity contribution is 5.79. The summed E-state index contributed by atoms with van der Waals surface area (Å²) in [5.74, 6) is -0.838. The molecule has 1 amide bonds. The molecule has 0 saturated heterocycles. The molecule has 1 atom stereocenters. The first-order chi connectivity index (χ1) is 6.82. The molecule has 0 aliphatic heterocycles. The number of carboxylic acids is 1. The zero-order chi connectivity index (χ0) is 12.0. The molecule has 0 aromatic carbocycles. The van der Waals surface area contributed by atoms with Gasteiger partial charge in [0.25, 0.3) is 0 Å². The Morgan fingerprint density at radius 3 is 2.13 bits per heavy atom. The number of hydrogen-bond acceptors (Lipinski definition) is 3. The minimum atomic E-state index is -1.04. The van der Waals surface area contributed by atoms with E-state index in [4.69, 9.17) is 9.84 Å². The Hall–Kier alpha value is -1.26. The van der Waals surface area contributed by atoms with Gasteiger partial charge in [0, 0.05) is 0 Å². The first-order valence-electron chi connectivity index (χ1n) is 5.02. The van der Waals surface area contributed by atoms with Crippen LogP contribution in [0.5, 0.6) is 0 Å². The first kappa shape index (κ1) is 13.7. The van der Waals surface area contributed by atoms with Gasteiger partial charge in [0.2, 0.25) is 0 Å². The number of aliphatic carboxylic acids is 1. The van der Waals surface area contributed by atoms with Crippen LogP contribution in [0.2, 0.25) is 0 Å². The largest absolute Gasteiger partial charge is 0.480 e. The van der Waals surface area contributed by atoms with Gasteiger partial charge in [0.15, 0.2) is 0 Å². The molecule has 0 rings (SSSR count). The predicted molar refractivity (Wildman–Crippen MR) is 55.6 cm³/mol. The van der Waals surface area contributed by atoms with Crippen LogP contribution in [0.1, 0.15) is 34.1 Å². The second kappa shape index (κ2) is 6.27. The van der Waals surface area contributed by atoms with Crippen molar-refractivity contribution < 1.29 is 19.4 Å². The molecule has 0 saturated carbocycles. The quantitative estimate of drug-likeness (QED) is 0.733. The number of carbonyl (C=O) groups excluding carboxylic acids is 1. The summed E-state index contributed by atoms with van der Waals surface area (Å²) in [6, 6.07) is -0.878. The van der Waals surface area contributed by atoms with Crippen molar-refractivity contribution in [1.29, 1.82) is 0 Å². The van der Waals surface area contributed by atoms with E-state index in [2.05, 4.69) is 5.32 Å². The third-order valence-electron chi connectivity index (χ3n) is 1.64. The maximum Gasteiger partial charge on any atom is 0.408 e. The van der Waals surface area contributed by atoms with Crippen molar-refractivity contribution in [3.63, 3.8) is 0 Å². The maximum atomic E-state index is 11.2. The molecule has 0 aromatic rings. The zero-order valence-electron chi connectivity index (χ0n) is 9.61. The van der Waals surface area contributed by atoms with Gasteiger partial charge in [-0.3, -0.25) is 0 Å². The molecule has 0 heterocycles. The van der Waals surface area contributed by atoms with Gasteiger partial charge < -0.3 is 15.2 Å². The first-order valence-corrected chi connectivity index (χ1v) is 5.02. The molecule has 88 valence electrons. The third-order valence-corrected chi connectivity index (χ3v) is 1.64. The van der Waals surface area contributed by atoms with E-state index in [-0.39, 0.29) is 12.0 Å². The van der Waals surface area contributed by atoms with Gasteiger partial charge in [-0.05, 0) is 26.2 Å². The van der Waals surface area contributed by atoms with Gasteiger partial charge in [0.05, 0.1) is 6.10 Å². The van der Waals surface area contributed by atoms with Crippen LogP contribution in [-0.4, -0.2) is 29.3 Å². The molecule has 0 unspecified atom stereocenters. The Kier molecular flexibility index (Phi) is 5.74. The van der Waals surface area contributed by atoms with Crippen LogP contribution >= 0.6 is 0 Å². The van der Waals surface area contributed by atoms with E-state index < -0.39 is 18.1 Å². The third kappa shape index (κ3) is 6.76. The van der Waals surface area contributed by atoms with Gasteiger partial charge in [-0.25, -0.2) is 9.59 Å². The molecule has 0 aliphatic rings. The Bertz CT molecular complexity index is 225. The van der Waals surface area contributed by atoms with Crippen molar-refractivity contribution in [2.45, 2.75) is 46.3 Å². The second-order valence-electron chi connectivity index (χ2n) is 4.12. The summed E-state index contributed by atoms with van der Waals surface area (Å²) in [5.41, 5.74) is 0. The smallest absolute Gasteiger partial charge is 0.408 e. The van der Waals surface area contributed by atoms with E-state index in [1.807, 2.05) is 13.8 Å². The van der Waals surface area contributed by atoms with Crippen molar-refractivity contribution in [2.75, 3.05) is 0 Å². The minimum absolute atomic E-state index is 0.199. The summed E-state index contributed by atoms with van der Waals surface area (Å²) in [6.45, 7) is 7.20. The molecule has 0 aromatic heterocycles. The lowest BCUT2D eigenvalue weighted by atomic mass is 10.0. The SMILES string of the molecule is CC(C)C[C@@H](NC(=O)OC(C)C)C(=O)O. The van der Waals surface area contributed by atoms with Crippen LogP contribution in [0.15, 0.2) is 0 Å². The van der Waals surface area contributed by atoms with Gasteiger partial charge in [-0.1, -0.05) is 13.8 Å². The van der Waals surface area contributed by atoms with Gasteiger partial charge in [-0.2, -0.15) is 0 Å². The molecule has 0 radical (unpaired) electrons. The standard InChI is InChI=1S/C10H19NO4/c1-6(2)5-8(9(12)13)11-10(14)15-7(3)4/h6-8H,5H2,1-4H3,(H,11,14)(H,12,13)/t8-/m1/s1. The average molecular weight is 217 g/mol. The number of amides is 1. The van der Waals surface area contributed by atoms with E-state index in [0.29, 0.717) is 6.42 Å². The Morgan fingerprint density at radius 1 is 1.27 bits per heavy atom. The Balaban J connectivity index is 4.16. The molecular weight excluding hydrogens is 198 g/mol. The highest BCUT2D eigenvalue weighted by Gasteiger charge is 2.21. The molecule has 5 nitrogen and oxygen atoms in total. The fourth-order valence-corrected chi connectivity index (χ4v) is 1.08. The van der Waals surface area contributed by atoms with Crippen LogP contribution in [0.25, 0.3) is 0 Å². The van der Waals surface area contributed by atoms with Crippen LogP contribution in [0.4, 0.5) is 4.79 Å². The summed E-state index contributed by atoms with van der Waals surface area (Å²) in [4.78, 5) is 21.9. The molecule has 0 fully saturated rings. The topological polar surface area (TPSA) is 75.6 Å². The highest BCUT2D eigenvalue weighted by atomic mass is 16.6. The molecule has 2 N–H and O–H groups in total. The van der Waals surface area contributed by atoms with Crippen LogP contribution < -0.4 is 5.32 Å². The van der Waals surface area contributed by atoms with Crippen molar-refractivity contribution >= 4 is 12.1 Å². The van der Waals surface area contributed by atoms with Crippen molar-refractivity contribution in [2.24, 2.45) is 5.92 Å². The summed E-state index contributed by atoms with van der Waals surface area (Å²) in [6.07, 6.45) is -0.542. The summed E-state index contributed by atoms with van der Waals surface area (Å²) in [5, 5.41) is 11.2. The lowest BCUT2D eigenvalue weighted by Gasteiger charge is -2.17. The van der Waals surface area contributed by atoms with Gasteiger partial charge in [-0.15, -0.1) is 0 Å². The van der Waals surface area contributed by atoms with Crippen LogP contribution in [0, 0.1) is 5.92 Å². The number of carboxylic acid groups (broad SMARTS) is 1. The lowest BCUT2D eigenvalue weighted by molar-refractivity contribution is -0.139. The molecule has 0 spiro atoms. The van der Waals surface area contributed by atoms with E-state index in [9.17, 15) is 9.59 Å². The fourth-order valence-electron chi connectivity index (χ4n) is 1.08. The van der Waals surface area contributed by atoms with E-state index in [0.717, 1.165) is 0 Å². The van der Waals surface area contributed by atoms with Crippen molar-refractivity contribution in [3.8, 4) is 0 Å². The van der Waals surface area contributed by atoms with E-state index in [1.165, 1.54) is 0 Å². The minimum Gasteiger partial charge on any atom is -0.480 e.